The summed E-state index contributed by atoms with van der Waals surface area (Å²) in [5.74, 6) is -0.321. The Morgan fingerprint density at radius 3 is 2.90 bits per heavy atom. The molecule has 20 heavy (non-hydrogen) atoms. The van der Waals surface area contributed by atoms with E-state index in [0.29, 0.717) is 18.8 Å². The lowest BCUT2D eigenvalue weighted by atomic mass is 10.1. The Morgan fingerprint density at radius 2 is 2.30 bits per heavy atom. The van der Waals surface area contributed by atoms with Crippen LogP contribution in [-0.2, 0) is 4.79 Å². The molecule has 0 bridgehead atoms. The molecule has 0 spiro atoms. The molecule has 0 amide bonds. The molecule has 1 aliphatic carbocycles. The van der Waals surface area contributed by atoms with Crippen molar-refractivity contribution in [2.75, 3.05) is 6.61 Å². The van der Waals surface area contributed by atoms with Crippen molar-refractivity contribution < 1.29 is 14.6 Å². The highest BCUT2D eigenvalue weighted by Crippen LogP contribution is 2.48. The van der Waals surface area contributed by atoms with Gasteiger partial charge in [-0.15, -0.1) is 0 Å². The van der Waals surface area contributed by atoms with Gasteiger partial charge in [-0.2, -0.15) is 5.26 Å². The molecule has 4 nitrogen and oxygen atoms in total. The van der Waals surface area contributed by atoms with E-state index in [-0.39, 0.29) is 5.41 Å². The number of benzene rings is 1. The van der Waals surface area contributed by atoms with E-state index in [0.717, 1.165) is 30.0 Å². The molecular weight excluding hydrogens is 254 g/mol. The van der Waals surface area contributed by atoms with Crippen LogP contribution in [0.15, 0.2) is 24.3 Å². The Bertz CT molecular complexity index is 580. The third-order valence-corrected chi connectivity index (χ3v) is 3.52. The summed E-state index contributed by atoms with van der Waals surface area (Å²) in [4.78, 5) is 10.6. The van der Waals surface area contributed by atoms with Gasteiger partial charge in [-0.25, -0.2) is 4.79 Å². The van der Waals surface area contributed by atoms with Crippen LogP contribution in [0.4, 0.5) is 0 Å². The quantitative estimate of drug-likeness (QED) is 0.807. The van der Waals surface area contributed by atoms with Gasteiger partial charge in [0.05, 0.1) is 12.7 Å². The normalized spacial score (nSPS) is 15.8. The number of carboxylic acid groups (broad SMARTS) is 1. The lowest BCUT2D eigenvalue weighted by molar-refractivity contribution is -0.131. The fraction of sp³-hybridized carbons (Fsp3) is 0.375. The van der Waals surface area contributed by atoms with E-state index in [1.165, 1.54) is 6.08 Å². The number of hydrogen-bond acceptors (Lipinski definition) is 3. The molecule has 1 aromatic rings. The summed E-state index contributed by atoms with van der Waals surface area (Å²) in [6, 6.07) is 7.86. The number of ether oxygens (including phenoxy) is 1. The Labute approximate surface area is 118 Å². The van der Waals surface area contributed by atoms with E-state index in [1.807, 2.05) is 25.1 Å². The third kappa shape index (κ3) is 3.61. The maximum absolute atomic E-state index is 10.6. The number of rotatable bonds is 6. The number of aryl methyl sites for hydroxylation is 1. The minimum Gasteiger partial charge on any atom is -0.492 e. The number of aliphatic carboxylic acids is 1. The van der Waals surface area contributed by atoms with Gasteiger partial charge in [0, 0.05) is 23.5 Å². The highest BCUT2D eigenvalue weighted by molar-refractivity contribution is 5.85. The number of carboxylic acids is 1. The van der Waals surface area contributed by atoms with Crippen molar-refractivity contribution in [1.82, 2.24) is 0 Å². The van der Waals surface area contributed by atoms with Gasteiger partial charge >= 0.3 is 5.97 Å². The first-order valence-electron chi connectivity index (χ1n) is 6.56. The molecule has 2 rings (SSSR count). The fourth-order valence-corrected chi connectivity index (χ4v) is 2.04. The number of nitriles is 1. The van der Waals surface area contributed by atoms with E-state index in [4.69, 9.17) is 15.1 Å². The highest BCUT2D eigenvalue weighted by atomic mass is 16.5. The molecule has 4 heteroatoms. The molecular formula is C16H17NO3. The average molecular weight is 271 g/mol. The molecule has 0 radical (unpaired) electrons. The molecule has 1 fully saturated rings. The van der Waals surface area contributed by atoms with Gasteiger partial charge in [0.1, 0.15) is 5.75 Å². The van der Waals surface area contributed by atoms with Gasteiger partial charge in [0.25, 0.3) is 0 Å². The van der Waals surface area contributed by atoms with Crippen LogP contribution in [0.25, 0.3) is 6.08 Å². The van der Waals surface area contributed by atoms with E-state index < -0.39 is 5.97 Å². The number of nitrogens with zero attached hydrogens (tertiary/aromatic N) is 1. The van der Waals surface area contributed by atoms with Gasteiger partial charge in [-0.1, -0.05) is 11.6 Å². The van der Waals surface area contributed by atoms with Crippen LogP contribution in [0.2, 0.25) is 0 Å². The molecule has 1 aliphatic rings. The summed E-state index contributed by atoms with van der Waals surface area (Å²) in [6.45, 7) is 2.46. The molecule has 104 valence electrons. The standard InChI is InChI=1S/C16H17NO3/c1-12-2-4-14(13(10-12)3-5-15(18)19)20-11-16(6-7-16)8-9-17/h2-5,10H,6-8,11H2,1H3,(H,18,19). The number of hydrogen-bond donors (Lipinski definition) is 1. The Kier molecular flexibility index (Phi) is 4.09. The lowest BCUT2D eigenvalue weighted by Gasteiger charge is -2.15. The molecule has 0 saturated heterocycles. The van der Waals surface area contributed by atoms with Crippen LogP contribution in [0.1, 0.15) is 30.4 Å². The van der Waals surface area contributed by atoms with Crippen molar-refractivity contribution in [3.8, 4) is 11.8 Å². The van der Waals surface area contributed by atoms with Crippen LogP contribution in [0.3, 0.4) is 0 Å². The van der Waals surface area contributed by atoms with Crippen LogP contribution in [0, 0.1) is 23.7 Å². The predicted octanol–water partition coefficient (Wildman–Crippen LogP) is 3.17. The molecule has 0 atom stereocenters. The van der Waals surface area contributed by atoms with Crippen LogP contribution in [-0.4, -0.2) is 17.7 Å². The Hall–Kier alpha value is -2.28. The second kappa shape index (κ2) is 5.79. The molecule has 1 N–H and O–H groups in total. The smallest absolute Gasteiger partial charge is 0.328 e. The van der Waals surface area contributed by atoms with E-state index in [9.17, 15) is 4.79 Å². The van der Waals surface area contributed by atoms with Crippen LogP contribution >= 0.6 is 0 Å². The maximum atomic E-state index is 10.6. The summed E-state index contributed by atoms with van der Waals surface area (Å²) < 4.78 is 5.81. The third-order valence-electron chi connectivity index (χ3n) is 3.52. The molecule has 0 aliphatic heterocycles. The van der Waals surface area contributed by atoms with Gasteiger partial charge in [0.2, 0.25) is 0 Å². The van der Waals surface area contributed by atoms with Gasteiger partial charge in [-0.05, 0) is 38.0 Å². The zero-order chi connectivity index (χ0) is 14.6. The summed E-state index contributed by atoms with van der Waals surface area (Å²) in [6.07, 6.45) is 5.19. The molecule has 1 aromatic carbocycles. The van der Waals surface area contributed by atoms with Crippen LogP contribution in [0.5, 0.6) is 5.75 Å². The first kappa shape index (κ1) is 14.1. The summed E-state index contributed by atoms with van der Waals surface area (Å²) >= 11 is 0. The predicted molar refractivity (Wildman–Crippen MR) is 75.2 cm³/mol. The van der Waals surface area contributed by atoms with Crippen LogP contribution < -0.4 is 4.74 Å². The fourth-order valence-electron chi connectivity index (χ4n) is 2.04. The molecule has 0 aromatic heterocycles. The van der Waals surface area contributed by atoms with E-state index >= 15 is 0 Å². The second-order valence-electron chi connectivity index (χ2n) is 5.34. The van der Waals surface area contributed by atoms with Crippen molar-refractivity contribution in [3.05, 3.63) is 35.4 Å². The molecule has 0 heterocycles. The Morgan fingerprint density at radius 1 is 1.55 bits per heavy atom. The minimum atomic E-state index is -0.986. The largest absolute Gasteiger partial charge is 0.492 e. The summed E-state index contributed by atoms with van der Waals surface area (Å²) in [5, 5.41) is 17.5. The summed E-state index contributed by atoms with van der Waals surface area (Å²) in [7, 11) is 0. The van der Waals surface area contributed by atoms with Crippen molar-refractivity contribution in [3.63, 3.8) is 0 Å². The van der Waals surface area contributed by atoms with Gasteiger partial charge in [0.15, 0.2) is 0 Å². The van der Waals surface area contributed by atoms with E-state index in [2.05, 4.69) is 6.07 Å². The maximum Gasteiger partial charge on any atom is 0.328 e. The van der Waals surface area contributed by atoms with Gasteiger partial charge < -0.3 is 9.84 Å². The zero-order valence-electron chi connectivity index (χ0n) is 11.4. The van der Waals surface area contributed by atoms with E-state index in [1.54, 1.807) is 0 Å². The van der Waals surface area contributed by atoms with Crippen molar-refractivity contribution in [2.45, 2.75) is 26.2 Å². The summed E-state index contributed by atoms with van der Waals surface area (Å²) in [5.41, 5.74) is 1.80. The zero-order valence-corrected chi connectivity index (χ0v) is 11.4. The first-order valence-corrected chi connectivity index (χ1v) is 6.56. The van der Waals surface area contributed by atoms with Crippen molar-refractivity contribution in [2.24, 2.45) is 5.41 Å². The first-order chi connectivity index (χ1) is 9.54. The highest BCUT2D eigenvalue weighted by Gasteiger charge is 2.43. The second-order valence-corrected chi connectivity index (χ2v) is 5.34. The molecule has 0 unspecified atom stereocenters. The minimum absolute atomic E-state index is 0.00736. The molecule has 1 saturated carbocycles. The lowest BCUT2D eigenvalue weighted by Crippen LogP contribution is -2.12. The SMILES string of the molecule is Cc1ccc(OCC2(CC#N)CC2)c(C=CC(=O)O)c1. The Balaban J connectivity index is 2.11. The monoisotopic (exact) mass is 271 g/mol. The van der Waals surface area contributed by atoms with Crippen molar-refractivity contribution >= 4 is 12.0 Å². The number of carbonyl (C=O) groups is 1. The average Bonchev–Trinajstić information content (AvgIpc) is 3.16. The topological polar surface area (TPSA) is 70.3 Å². The van der Waals surface area contributed by atoms with Crippen molar-refractivity contribution in [1.29, 1.82) is 5.26 Å². The van der Waals surface area contributed by atoms with Gasteiger partial charge in [-0.3, -0.25) is 0 Å².